The first-order valence-corrected chi connectivity index (χ1v) is 6.03. The van der Waals surface area contributed by atoms with Gasteiger partial charge >= 0.3 is 0 Å². The van der Waals surface area contributed by atoms with Crippen molar-refractivity contribution in [1.29, 1.82) is 0 Å². The average molecular weight is 243 g/mol. The quantitative estimate of drug-likeness (QED) is 0.669. The molecule has 3 N–H and O–H groups in total. The minimum absolute atomic E-state index is 0.174. The molecule has 0 aliphatic carbocycles. The topological polar surface area (TPSA) is 84.7 Å². The molecule has 1 saturated heterocycles. The molecule has 1 rings (SSSR count). The molecule has 98 valence electrons. The standard InChI is InChI=1S/C11H21N3O3/c1-3-8(12)11(16)14-5-6-17-7-9(14)10(15)13-4-2/h8-9H,3-7,12H2,1-2H3,(H,13,15)/t8-,9?/m1/s1. The second kappa shape index (κ2) is 6.56. The van der Waals surface area contributed by atoms with Crippen LogP contribution < -0.4 is 11.1 Å². The van der Waals surface area contributed by atoms with Gasteiger partial charge in [0.1, 0.15) is 6.04 Å². The fourth-order valence-electron chi connectivity index (χ4n) is 1.76. The van der Waals surface area contributed by atoms with Crippen molar-refractivity contribution in [3.63, 3.8) is 0 Å². The Morgan fingerprint density at radius 2 is 2.24 bits per heavy atom. The number of hydrogen-bond donors (Lipinski definition) is 2. The van der Waals surface area contributed by atoms with Crippen molar-refractivity contribution in [2.24, 2.45) is 5.73 Å². The molecule has 0 bridgehead atoms. The van der Waals surface area contributed by atoms with Crippen LogP contribution in [0.2, 0.25) is 0 Å². The Morgan fingerprint density at radius 3 is 2.82 bits per heavy atom. The van der Waals surface area contributed by atoms with E-state index in [1.807, 2.05) is 13.8 Å². The largest absolute Gasteiger partial charge is 0.377 e. The molecule has 0 aromatic heterocycles. The van der Waals surface area contributed by atoms with E-state index in [1.54, 1.807) is 0 Å². The van der Waals surface area contributed by atoms with Crippen molar-refractivity contribution < 1.29 is 14.3 Å². The van der Waals surface area contributed by atoms with E-state index >= 15 is 0 Å². The van der Waals surface area contributed by atoms with E-state index in [4.69, 9.17) is 10.5 Å². The molecule has 0 spiro atoms. The zero-order chi connectivity index (χ0) is 12.8. The van der Waals surface area contributed by atoms with E-state index in [1.165, 1.54) is 4.90 Å². The number of rotatable bonds is 4. The Labute approximate surface area is 101 Å². The summed E-state index contributed by atoms with van der Waals surface area (Å²) < 4.78 is 5.25. The van der Waals surface area contributed by atoms with Gasteiger partial charge in [0.25, 0.3) is 0 Å². The number of hydrogen-bond acceptors (Lipinski definition) is 4. The van der Waals surface area contributed by atoms with Crippen molar-refractivity contribution in [1.82, 2.24) is 10.2 Å². The fraction of sp³-hybridized carbons (Fsp3) is 0.818. The van der Waals surface area contributed by atoms with Crippen LogP contribution in [0.3, 0.4) is 0 Å². The zero-order valence-electron chi connectivity index (χ0n) is 10.4. The molecule has 1 heterocycles. The summed E-state index contributed by atoms with van der Waals surface area (Å²) in [7, 11) is 0. The van der Waals surface area contributed by atoms with E-state index in [2.05, 4.69) is 5.32 Å². The number of nitrogens with zero attached hydrogens (tertiary/aromatic N) is 1. The average Bonchev–Trinajstić information content (AvgIpc) is 2.37. The summed E-state index contributed by atoms with van der Waals surface area (Å²) in [5, 5.41) is 2.70. The lowest BCUT2D eigenvalue weighted by atomic mass is 10.1. The van der Waals surface area contributed by atoms with Crippen LogP contribution in [0.4, 0.5) is 0 Å². The van der Waals surface area contributed by atoms with Crippen molar-refractivity contribution in [3.8, 4) is 0 Å². The molecule has 0 saturated carbocycles. The highest BCUT2D eigenvalue weighted by molar-refractivity contribution is 5.90. The molecule has 1 aliphatic heterocycles. The van der Waals surface area contributed by atoms with Crippen LogP contribution in [0.25, 0.3) is 0 Å². The Morgan fingerprint density at radius 1 is 1.53 bits per heavy atom. The Balaban J connectivity index is 2.71. The predicted octanol–water partition coefficient (Wildman–Crippen LogP) is -0.913. The highest BCUT2D eigenvalue weighted by Gasteiger charge is 2.34. The van der Waals surface area contributed by atoms with Gasteiger partial charge in [0.05, 0.1) is 19.3 Å². The number of ether oxygens (including phenoxy) is 1. The highest BCUT2D eigenvalue weighted by atomic mass is 16.5. The van der Waals surface area contributed by atoms with Crippen molar-refractivity contribution in [2.75, 3.05) is 26.3 Å². The van der Waals surface area contributed by atoms with Gasteiger partial charge in [-0.3, -0.25) is 9.59 Å². The van der Waals surface area contributed by atoms with Crippen LogP contribution in [0, 0.1) is 0 Å². The zero-order valence-corrected chi connectivity index (χ0v) is 10.4. The molecule has 2 atom stereocenters. The Bertz CT molecular complexity index is 283. The van der Waals surface area contributed by atoms with Gasteiger partial charge in [-0.1, -0.05) is 6.92 Å². The Kier molecular flexibility index (Phi) is 5.37. The number of nitrogens with one attached hydrogen (secondary N) is 1. The van der Waals surface area contributed by atoms with Crippen molar-refractivity contribution >= 4 is 11.8 Å². The second-order valence-electron chi connectivity index (χ2n) is 4.03. The van der Waals surface area contributed by atoms with Gasteiger partial charge in [0.2, 0.25) is 11.8 Å². The maximum Gasteiger partial charge on any atom is 0.245 e. The number of amides is 2. The number of morpholine rings is 1. The third-order valence-electron chi connectivity index (χ3n) is 2.82. The van der Waals surface area contributed by atoms with Crippen LogP contribution in [0.1, 0.15) is 20.3 Å². The lowest BCUT2D eigenvalue weighted by Crippen LogP contribution is -2.59. The highest BCUT2D eigenvalue weighted by Crippen LogP contribution is 2.09. The maximum absolute atomic E-state index is 12.0. The Hall–Kier alpha value is -1.14. The predicted molar refractivity (Wildman–Crippen MR) is 63.3 cm³/mol. The molecule has 0 aromatic carbocycles. The summed E-state index contributed by atoms with van der Waals surface area (Å²) >= 11 is 0. The molecule has 1 fully saturated rings. The van der Waals surface area contributed by atoms with Crippen molar-refractivity contribution in [2.45, 2.75) is 32.4 Å². The summed E-state index contributed by atoms with van der Waals surface area (Å²) in [6.45, 7) is 5.35. The summed E-state index contributed by atoms with van der Waals surface area (Å²) in [5.41, 5.74) is 5.72. The second-order valence-corrected chi connectivity index (χ2v) is 4.03. The normalized spacial score (nSPS) is 22.1. The van der Waals surface area contributed by atoms with Gasteiger partial charge < -0.3 is 20.7 Å². The number of likely N-dealkylation sites (N-methyl/N-ethyl adjacent to an activating group) is 1. The van der Waals surface area contributed by atoms with E-state index in [0.717, 1.165) is 0 Å². The molecule has 2 amide bonds. The van der Waals surface area contributed by atoms with Crippen LogP contribution >= 0.6 is 0 Å². The minimum atomic E-state index is -0.547. The van der Waals surface area contributed by atoms with Crippen LogP contribution in [0.5, 0.6) is 0 Å². The van der Waals surface area contributed by atoms with Crippen LogP contribution in [-0.4, -0.2) is 55.1 Å². The lowest BCUT2D eigenvalue weighted by molar-refractivity contribution is -0.149. The fourth-order valence-corrected chi connectivity index (χ4v) is 1.76. The molecule has 1 unspecified atom stereocenters. The van der Waals surface area contributed by atoms with Gasteiger partial charge in [-0.2, -0.15) is 0 Å². The summed E-state index contributed by atoms with van der Waals surface area (Å²) in [6.07, 6.45) is 0.568. The molecular weight excluding hydrogens is 222 g/mol. The molecule has 17 heavy (non-hydrogen) atoms. The monoisotopic (exact) mass is 243 g/mol. The lowest BCUT2D eigenvalue weighted by Gasteiger charge is -2.35. The maximum atomic E-state index is 12.0. The van der Waals surface area contributed by atoms with Gasteiger partial charge in [-0.25, -0.2) is 0 Å². The number of carbonyl (C=O) groups is 2. The van der Waals surface area contributed by atoms with Crippen LogP contribution in [-0.2, 0) is 14.3 Å². The molecule has 1 aliphatic rings. The molecule has 6 heteroatoms. The van der Waals surface area contributed by atoms with E-state index < -0.39 is 12.1 Å². The number of carbonyl (C=O) groups excluding carboxylic acids is 2. The van der Waals surface area contributed by atoms with Gasteiger partial charge in [-0.05, 0) is 13.3 Å². The molecular formula is C11H21N3O3. The molecule has 0 aromatic rings. The van der Waals surface area contributed by atoms with Crippen LogP contribution in [0.15, 0.2) is 0 Å². The van der Waals surface area contributed by atoms with Gasteiger partial charge in [-0.15, -0.1) is 0 Å². The third-order valence-corrected chi connectivity index (χ3v) is 2.82. The minimum Gasteiger partial charge on any atom is -0.377 e. The van der Waals surface area contributed by atoms with Gasteiger partial charge in [0, 0.05) is 13.1 Å². The molecule has 0 radical (unpaired) electrons. The SMILES string of the molecule is CCNC(=O)C1COCCN1C(=O)[C@H](N)CC. The van der Waals surface area contributed by atoms with Gasteiger partial charge in [0.15, 0.2) is 0 Å². The van der Waals surface area contributed by atoms with E-state index in [0.29, 0.717) is 26.1 Å². The first-order valence-electron chi connectivity index (χ1n) is 6.03. The first-order chi connectivity index (χ1) is 8.11. The summed E-state index contributed by atoms with van der Waals surface area (Å²) in [5.74, 6) is -0.351. The number of nitrogens with two attached hydrogens (primary N) is 1. The summed E-state index contributed by atoms with van der Waals surface area (Å²) in [6, 6.07) is -1.08. The summed E-state index contributed by atoms with van der Waals surface area (Å²) in [4.78, 5) is 25.3. The smallest absolute Gasteiger partial charge is 0.245 e. The molecule has 6 nitrogen and oxygen atoms in total. The van der Waals surface area contributed by atoms with Crippen molar-refractivity contribution in [3.05, 3.63) is 0 Å². The third kappa shape index (κ3) is 3.41. The first kappa shape index (κ1) is 13.9. The van der Waals surface area contributed by atoms with E-state index in [9.17, 15) is 9.59 Å². The van der Waals surface area contributed by atoms with E-state index in [-0.39, 0.29) is 18.4 Å².